The van der Waals surface area contributed by atoms with E-state index in [1.54, 1.807) is 62.0 Å². The molecule has 12 heteroatoms. The van der Waals surface area contributed by atoms with Crippen molar-refractivity contribution in [3.63, 3.8) is 0 Å². The second kappa shape index (κ2) is 60.0. The molecule has 80 heavy (non-hydrogen) atoms. The lowest BCUT2D eigenvalue weighted by Gasteiger charge is -2.12. The summed E-state index contributed by atoms with van der Waals surface area (Å²) >= 11 is 0. The van der Waals surface area contributed by atoms with E-state index in [1.165, 1.54) is 84.7 Å². The largest absolute Gasteiger partial charge is 0.361 e. The molecule has 2 aliphatic rings. The zero-order valence-corrected chi connectivity index (χ0v) is 51.7. The number of H-pyrrole nitrogens is 3. The zero-order valence-electron chi connectivity index (χ0n) is 51.7. The minimum Gasteiger partial charge on any atom is -0.361 e. The maximum atomic E-state index is 4.32. The highest BCUT2D eigenvalue weighted by atomic mass is 15.1. The first kappa shape index (κ1) is 76.0. The molecule has 8 heterocycles. The van der Waals surface area contributed by atoms with Gasteiger partial charge in [0, 0.05) is 90.5 Å². The Morgan fingerprint density at radius 2 is 0.787 bits per heavy atom. The van der Waals surface area contributed by atoms with Crippen molar-refractivity contribution in [2.75, 3.05) is 0 Å². The first-order chi connectivity index (χ1) is 39.8. The third kappa shape index (κ3) is 36.0. The van der Waals surface area contributed by atoms with Crippen molar-refractivity contribution in [1.82, 2.24) is 60.0 Å². The fraction of sp³-hybridized carbons (Fsp3) is 0.338. The SMILES string of the molecule is CC.CC.CC.CC.CC.CC.CC.CC.c1ccc2[nH]ccc2c1.c1ccc2[nH]cnc2c1.c1ccc2[nH]ncc2c1.c1ccncc1.c1cnc2c(c1)CCC2.c1cnc2c(c1)CCCC2.c1cnccn1.c1cncnc1. The maximum absolute atomic E-state index is 4.32. The van der Waals surface area contributed by atoms with E-state index in [9.17, 15) is 0 Å². The van der Waals surface area contributed by atoms with Gasteiger partial charge in [-0.05, 0) is 122 Å². The average Bonchev–Trinajstić information content (AvgIpc) is 4.47. The first-order valence-corrected chi connectivity index (χ1v) is 29.2. The van der Waals surface area contributed by atoms with Gasteiger partial charge in [0.25, 0.3) is 0 Å². The minimum absolute atomic E-state index is 1.03. The zero-order chi connectivity index (χ0) is 60.0. The van der Waals surface area contributed by atoms with Crippen LogP contribution >= 0.6 is 0 Å². The molecule has 3 aromatic carbocycles. The van der Waals surface area contributed by atoms with E-state index in [0.717, 1.165) is 21.9 Å². The van der Waals surface area contributed by atoms with E-state index in [0.29, 0.717) is 0 Å². The summed E-state index contributed by atoms with van der Waals surface area (Å²) in [5.41, 5.74) is 9.99. The number of nitrogens with one attached hydrogen (secondary N) is 3. The summed E-state index contributed by atoms with van der Waals surface area (Å²) in [6.07, 6.45) is 33.0. The molecule has 0 bridgehead atoms. The van der Waals surface area contributed by atoms with Gasteiger partial charge in [-0.1, -0.05) is 178 Å². The van der Waals surface area contributed by atoms with E-state index < -0.39 is 0 Å². The quantitative estimate of drug-likeness (QED) is 0.134. The Labute approximate surface area is 483 Å². The second-order valence-electron chi connectivity index (χ2n) is 14.0. The third-order valence-corrected chi connectivity index (χ3v) is 9.60. The van der Waals surface area contributed by atoms with Crippen LogP contribution in [0.25, 0.3) is 32.8 Å². The minimum atomic E-state index is 1.03. The smallest absolute Gasteiger partial charge is 0.115 e. The highest BCUT2D eigenvalue weighted by molar-refractivity contribution is 5.79. The van der Waals surface area contributed by atoms with Crippen molar-refractivity contribution in [3.05, 3.63) is 237 Å². The third-order valence-electron chi connectivity index (χ3n) is 9.60. The molecule has 0 radical (unpaired) electrons. The van der Waals surface area contributed by atoms with Gasteiger partial charge in [0.05, 0.1) is 29.1 Å². The molecule has 0 saturated heterocycles. The Balaban J connectivity index is -0.000000821. The van der Waals surface area contributed by atoms with Crippen LogP contribution in [0.3, 0.4) is 0 Å². The van der Waals surface area contributed by atoms with Crippen molar-refractivity contribution >= 4 is 32.8 Å². The predicted molar refractivity (Wildman–Crippen MR) is 347 cm³/mol. The lowest BCUT2D eigenvalue weighted by atomic mass is 9.96. The number of aryl methyl sites for hydroxylation is 4. The van der Waals surface area contributed by atoms with Crippen LogP contribution < -0.4 is 0 Å². The van der Waals surface area contributed by atoms with Crippen molar-refractivity contribution in [2.45, 2.75) is 156 Å². The molecule has 0 spiro atoms. The van der Waals surface area contributed by atoms with E-state index in [-0.39, 0.29) is 0 Å². The van der Waals surface area contributed by atoms with Gasteiger partial charge in [0.15, 0.2) is 0 Å². The number of benzene rings is 3. The van der Waals surface area contributed by atoms with Gasteiger partial charge in [0.2, 0.25) is 0 Å². The van der Waals surface area contributed by atoms with Crippen LogP contribution in [-0.4, -0.2) is 60.0 Å². The highest BCUT2D eigenvalue weighted by Gasteiger charge is 2.09. The molecule has 12 nitrogen and oxygen atoms in total. The second-order valence-corrected chi connectivity index (χ2v) is 14.0. The number of rotatable bonds is 0. The number of nitrogens with zero attached hydrogens (tertiary/aromatic N) is 9. The average molecular weight is 1090 g/mol. The van der Waals surface area contributed by atoms with Crippen LogP contribution in [-0.2, 0) is 25.7 Å². The molecular formula is C68H100N12. The van der Waals surface area contributed by atoms with E-state index >= 15 is 0 Å². The molecular weight excluding hydrogens is 985 g/mol. The van der Waals surface area contributed by atoms with Gasteiger partial charge < -0.3 is 9.97 Å². The highest BCUT2D eigenvalue weighted by Crippen LogP contribution is 2.19. The molecule has 0 aliphatic heterocycles. The molecule has 11 aromatic rings. The standard InChI is InChI=1S/C9H11N.C8H9N.C8H7N.2C7H6N2.C5H5N.2C4H4N2.8C2H6/c1-2-6-9-8(4-1)5-3-7-10-9;1-3-7-4-2-6-9-8(7)5-1;1-2-4-8-7(3-1)5-6-9-8;1-2-4-7-6(3-1)8-5-9-7;1-2-4-7-6(3-1)5-8-9-7;1-2-4-6-5-3-1;1-2-6-4-3-5-1;1-2-5-4-6-3-1;8*1-2/h3,5,7H,1-2,4,6H2;2,4,6H,1,3,5H2;1-6,9H;2*1-5H,(H,8,9);1-5H;2*1-4H;8*1-2H3. The molecule has 13 rings (SSSR count). The van der Waals surface area contributed by atoms with Crippen LogP contribution in [0.5, 0.6) is 0 Å². The molecule has 432 valence electrons. The first-order valence-electron chi connectivity index (χ1n) is 29.2. The summed E-state index contributed by atoms with van der Waals surface area (Å²) in [7, 11) is 0. The van der Waals surface area contributed by atoms with Gasteiger partial charge in [-0.15, -0.1) is 0 Å². The van der Waals surface area contributed by atoms with Crippen molar-refractivity contribution in [2.24, 2.45) is 0 Å². The number of aromatic nitrogens is 12. The van der Waals surface area contributed by atoms with E-state index in [2.05, 4.69) is 90.4 Å². The van der Waals surface area contributed by atoms with Crippen LogP contribution in [0.4, 0.5) is 0 Å². The monoisotopic (exact) mass is 1080 g/mol. The Hall–Kier alpha value is -8.25. The fourth-order valence-corrected chi connectivity index (χ4v) is 6.48. The predicted octanol–water partition coefficient (Wildman–Crippen LogP) is 19.1. The number of aromatic amines is 3. The summed E-state index contributed by atoms with van der Waals surface area (Å²) in [4.78, 5) is 37.3. The summed E-state index contributed by atoms with van der Waals surface area (Å²) in [5, 5.41) is 9.19. The Morgan fingerprint density at radius 1 is 0.325 bits per heavy atom. The molecule has 3 N–H and O–H groups in total. The Morgan fingerprint density at radius 3 is 1.24 bits per heavy atom. The van der Waals surface area contributed by atoms with Gasteiger partial charge >= 0.3 is 0 Å². The van der Waals surface area contributed by atoms with Gasteiger partial charge in [-0.3, -0.25) is 30.0 Å². The summed E-state index contributed by atoms with van der Waals surface area (Å²) in [6.45, 7) is 32.0. The van der Waals surface area contributed by atoms with E-state index in [1.807, 2.05) is 227 Å². The number of pyridine rings is 3. The maximum Gasteiger partial charge on any atom is 0.115 e. The van der Waals surface area contributed by atoms with Gasteiger partial charge in [0.1, 0.15) is 6.33 Å². The normalized spacial score (nSPS) is 9.65. The van der Waals surface area contributed by atoms with Gasteiger partial charge in [-0.2, -0.15) is 5.10 Å². The number of imidazole rings is 1. The number of hydrogen-bond acceptors (Lipinski definition) is 9. The number of para-hydroxylation sites is 4. The summed E-state index contributed by atoms with van der Waals surface area (Å²) in [6, 6.07) is 42.2. The Kier molecular flexibility index (Phi) is 57.0. The molecule has 0 amide bonds. The van der Waals surface area contributed by atoms with Crippen molar-refractivity contribution < 1.29 is 0 Å². The van der Waals surface area contributed by atoms with Crippen LogP contribution in [0.2, 0.25) is 0 Å². The topological polar surface area (TPSA) is 163 Å². The molecule has 8 aromatic heterocycles. The lowest BCUT2D eigenvalue weighted by molar-refractivity contribution is 0.668. The molecule has 0 fully saturated rings. The van der Waals surface area contributed by atoms with Crippen molar-refractivity contribution in [3.8, 4) is 0 Å². The van der Waals surface area contributed by atoms with Crippen LogP contribution in [0.1, 0.15) is 153 Å². The number of fused-ring (bicyclic) bond motifs is 5. The fourth-order valence-electron chi connectivity index (χ4n) is 6.48. The Bertz CT molecular complexity index is 2400. The van der Waals surface area contributed by atoms with Gasteiger partial charge in [-0.25, -0.2) is 15.0 Å². The summed E-state index contributed by atoms with van der Waals surface area (Å²) < 4.78 is 0. The molecule has 0 saturated carbocycles. The number of hydrogen-bond donors (Lipinski definition) is 3. The lowest BCUT2D eigenvalue weighted by Crippen LogP contribution is -2.03. The molecule has 0 atom stereocenters. The van der Waals surface area contributed by atoms with Crippen LogP contribution in [0.15, 0.2) is 214 Å². The van der Waals surface area contributed by atoms with E-state index in [4.69, 9.17) is 0 Å². The molecule has 0 unspecified atom stereocenters. The van der Waals surface area contributed by atoms with Crippen molar-refractivity contribution in [1.29, 1.82) is 0 Å². The summed E-state index contributed by atoms with van der Waals surface area (Å²) in [5.74, 6) is 0. The van der Waals surface area contributed by atoms with Crippen LogP contribution in [0, 0.1) is 0 Å². The molecule has 2 aliphatic carbocycles.